The van der Waals surface area contributed by atoms with E-state index in [1.807, 2.05) is 0 Å². The second-order valence-electron chi connectivity index (χ2n) is 32.5. The maximum atomic E-state index is 2.45. The zero-order valence-electron chi connectivity index (χ0n) is 67.3. The third-order valence-corrected chi connectivity index (χ3v) is 24.4. The van der Waals surface area contributed by atoms with Crippen molar-refractivity contribution in [1.29, 1.82) is 0 Å². The molecule has 3 aromatic heterocycles. The summed E-state index contributed by atoms with van der Waals surface area (Å²) in [7, 11) is 0. The first kappa shape index (κ1) is 72.6. The van der Waals surface area contributed by atoms with Gasteiger partial charge in [-0.3, -0.25) is 0 Å². The van der Waals surface area contributed by atoms with Crippen LogP contribution in [0.15, 0.2) is 413 Å². The Hall–Kier alpha value is -14.4. The summed E-state index contributed by atoms with van der Waals surface area (Å²) in [5.74, 6) is 1.64. The predicted molar refractivity (Wildman–Crippen MR) is 507 cm³/mol. The smallest absolute Gasteiger partial charge is 0.0546 e. The quantitative estimate of drug-likeness (QED) is 0.108. The van der Waals surface area contributed by atoms with Gasteiger partial charge in [0.25, 0.3) is 0 Å². The zero-order valence-corrected chi connectivity index (χ0v) is 67.3. The van der Waals surface area contributed by atoms with Gasteiger partial charge in [0.1, 0.15) is 0 Å². The van der Waals surface area contributed by atoms with Gasteiger partial charge in [-0.15, -0.1) is 0 Å². The summed E-state index contributed by atoms with van der Waals surface area (Å²) in [6.45, 7) is 13.4. The molecule has 0 fully saturated rings. The molecule has 0 N–H and O–H groups in total. The Morgan fingerprint density at radius 2 is 0.441 bits per heavy atom. The molecule has 0 aliphatic heterocycles. The van der Waals surface area contributed by atoms with Crippen LogP contribution < -0.4 is 0 Å². The number of rotatable bonds is 12. The van der Waals surface area contributed by atoms with Gasteiger partial charge in [0.15, 0.2) is 0 Å². The van der Waals surface area contributed by atoms with E-state index < -0.39 is 0 Å². The third kappa shape index (κ3) is 13.4. The molecule has 19 aromatic carbocycles. The SMILES string of the molecule is CC(C)c1ccc(-c2ccc(-c3ccc4c(c3)c3ccccc3n4-c3cc4ccccc4c4ccccc34)cc2)cc1.CC(C)c1ccc(-c2ccc(-c3ccc4c(c3)c3ccccc3n4-c3ccc4ccccc4c3)cc2)cc1.CC(C)c1ccc(-c2ccc(-c3ccc4c(c3)c3ccccc3n4-c3cccc4ccccc34)cc2)cc1. The number of fused-ring (bicyclic) bond motifs is 14. The van der Waals surface area contributed by atoms with Crippen LogP contribution in [0, 0.1) is 0 Å². The number of aromatic nitrogens is 3. The molecule has 0 saturated heterocycles. The van der Waals surface area contributed by atoms with Gasteiger partial charge in [0.05, 0.1) is 44.5 Å². The van der Waals surface area contributed by atoms with Crippen molar-refractivity contribution in [2.75, 3.05) is 0 Å². The van der Waals surface area contributed by atoms with Gasteiger partial charge < -0.3 is 13.7 Å². The molecule has 3 nitrogen and oxygen atoms in total. The molecule has 22 aromatic rings. The Kier molecular flexibility index (Phi) is 18.9. The molecule has 0 spiro atoms. The van der Waals surface area contributed by atoms with Crippen LogP contribution in [0.5, 0.6) is 0 Å². The fraction of sp³-hybridized carbons (Fsp3) is 0.0783. The first-order valence-electron chi connectivity index (χ1n) is 41.6. The third-order valence-electron chi connectivity index (χ3n) is 24.4. The first-order chi connectivity index (χ1) is 58.0. The minimum atomic E-state index is 0.544. The lowest BCUT2D eigenvalue weighted by Crippen LogP contribution is -1.96. The highest BCUT2D eigenvalue weighted by Crippen LogP contribution is 2.43. The Morgan fingerprint density at radius 1 is 0.153 bits per heavy atom. The Balaban J connectivity index is 0.000000114. The van der Waals surface area contributed by atoms with Crippen molar-refractivity contribution in [2.24, 2.45) is 0 Å². The van der Waals surface area contributed by atoms with Gasteiger partial charge in [-0.1, -0.05) is 375 Å². The predicted octanol–water partition coefficient (Wildman–Crippen LogP) is 32.3. The zero-order chi connectivity index (χ0) is 79.5. The molecule has 0 amide bonds. The average Bonchev–Trinajstić information content (AvgIpc) is 1.55. The van der Waals surface area contributed by atoms with E-state index in [1.54, 1.807) is 0 Å². The molecule has 0 unspecified atom stereocenters. The average molecular weight is 1510 g/mol. The van der Waals surface area contributed by atoms with E-state index >= 15 is 0 Å². The Labute approximate surface area is 689 Å². The number of nitrogens with zero attached hydrogens (tertiary/aromatic N) is 3. The fourth-order valence-electron chi connectivity index (χ4n) is 17.9. The Morgan fingerprint density at radius 3 is 0.864 bits per heavy atom. The van der Waals surface area contributed by atoms with Gasteiger partial charge in [-0.25, -0.2) is 0 Å². The summed E-state index contributed by atoms with van der Waals surface area (Å²) in [5.41, 5.74) is 30.0. The molecule has 0 saturated carbocycles. The van der Waals surface area contributed by atoms with Crippen molar-refractivity contribution in [2.45, 2.75) is 59.3 Å². The van der Waals surface area contributed by atoms with Crippen molar-refractivity contribution in [3.63, 3.8) is 0 Å². The van der Waals surface area contributed by atoms with E-state index in [4.69, 9.17) is 0 Å². The molecule has 3 heterocycles. The molecule has 0 aliphatic carbocycles. The van der Waals surface area contributed by atoms with Crippen LogP contribution in [0.4, 0.5) is 0 Å². The lowest BCUT2D eigenvalue weighted by molar-refractivity contribution is 0.867. The largest absolute Gasteiger partial charge is 0.309 e. The molecule has 22 rings (SSSR count). The normalized spacial score (nSPS) is 11.7. The first-order valence-corrected chi connectivity index (χ1v) is 41.6. The molecule has 0 radical (unpaired) electrons. The van der Waals surface area contributed by atoms with E-state index in [9.17, 15) is 0 Å². The van der Waals surface area contributed by atoms with Gasteiger partial charge in [0, 0.05) is 48.8 Å². The maximum Gasteiger partial charge on any atom is 0.0546 e. The summed E-state index contributed by atoms with van der Waals surface area (Å²) >= 11 is 0. The van der Waals surface area contributed by atoms with Crippen LogP contribution in [-0.4, -0.2) is 13.7 Å². The Bertz CT molecular complexity index is 7500. The second kappa shape index (κ2) is 30.8. The lowest BCUT2D eigenvalue weighted by atomic mass is 9.96. The van der Waals surface area contributed by atoms with Crippen molar-refractivity contribution in [1.82, 2.24) is 13.7 Å². The van der Waals surface area contributed by atoms with Gasteiger partial charge in [-0.2, -0.15) is 0 Å². The van der Waals surface area contributed by atoms with Crippen LogP contribution in [0.1, 0.15) is 76.0 Å². The minimum absolute atomic E-state index is 0.544. The van der Waals surface area contributed by atoms with Crippen LogP contribution >= 0.6 is 0 Å². The van der Waals surface area contributed by atoms with Crippen LogP contribution in [0.3, 0.4) is 0 Å². The molecule has 0 bridgehead atoms. The summed E-state index contributed by atoms with van der Waals surface area (Å²) < 4.78 is 7.26. The van der Waals surface area contributed by atoms with E-state index in [0.717, 1.165) is 0 Å². The molecular weight excluding hydrogens is 1420 g/mol. The van der Waals surface area contributed by atoms with E-state index in [1.165, 1.54) is 209 Å². The van der Waals surface area contributed by atoms with Gasteiger partial charge in [-0.05, 0) is 212 Å². The van der Waals surface area contributed by atoms with Crippen LogP contribution in [-0.2, 0) is 0 Å². The van der Waals surface area contributed by atoms with Crippen LogP contribution in [0.25, 0.3) is 192 Å². The highest BCUT2D eigenvalue weighted by Gasteiger charge is 2.21. The van der Waals surface area contributed by atoms with Crippen molar-refractivity contribution in [3.05, 3.63) is 429 Å². The van der Waals surface area contributed by atoms with Gasteiger partial charge in [0.2, 0.25) is 0 Å². The van der Waals surface area contributed by atoms with E-state index in [-0.39, 0.29) is 0 Å². The molecule has 118 heavy (non-hydrogen) atoms. The highest BCUT2D eigenvalue weighted by atomic mass is 15.0. The molecule has 0 aliphatic rings. The summed E-state index contributed by atoms with van der Waals surface area (Å²) in [6, 6.07) is 151. The lowest BCUT2D eigenvalue weighted by Gasteiger charge is -2.14. The van der Waals surface area contributed by atoms with Crippen molar-refractivity contribution < 1.29 is 0 Å². The van der Waals surface area contributed by atoms with E-state index in [2.05, 4.69) is 468 Å². The molecule has 3 heteroatoms. The second-order valence-corrected chi connectivity index (χ2v) is 32.5. The number of hydrogen-bond acceptors (Lipinski definition) is 0. The fourth-order valence-corrected chi connectivity index (χ4v) is 17.9. The topological polar surface area (TPSA) is 14.8 Å². The maximum absolute atomic E-state index is 2.45. The minimum Gasteiger partial charge on any atom is -0.309 e. The van der Waals surface area contributed by atoms with Crippen LogP contribution in [0.2, 0.25) is 0 Å². The summed E-state index contributed by atoms with van der Waals surface area (Å²) in [4.78, 5) is 0. The number of hydrogen-bond donors (Lipinski definition) is 0. The van der Waals surface area contributed by atoms with Crippen molar-refractivity contribution >= 4 is 109 Å². The number of para-hydroxylation sites is 3. The summed E-state index contributed by atoms with van der Waals surface area (Å²) in [6.07, 6.45) is 0. The van der Waals surface area contributed by atoms with Gasteiger partial charge >= 0.3 is 0 Å². The monoisotopic (exact) mass is 1510 g/mol. The van der Waals surface area contributed by atoms with E-state index in [0.29, 0.717) is 17.8 Å². The molecular formula is C115H89N3. The number of benzene rings is 19. The molecule has 0 atom stereocenters. The standard InChI is InChI=1S/C41H31N.2C37H29N/c1-27(2)28-15-17-29(18-16-28)30-19-21-31(22-20-30)32-23-24-40-38(25-32)37-13-7-8-14-39(37)42(40)41-26-33-9-3-4-10-34(33)35-11-5-6-12-36(35)41;1-25(2)26-14-16-27(17-15-26)28-18-20-29(21-19-28)31-22-23-37-34(24-31)33-11-5-6-12-36(33)38(37)35-13-7-9-30-8-3-4-10-32(30)35;1-25(2)26-11-13-28(14-12-26)29-15-17-30(18-16-29)32-20-22-37-35(24-32)34-9-5-6-10-36(34)38(37)33-21-19-27-7-3-4-8-31(27)23-33/h3-27H,1-2H3;2*3-25H,1-2H3. The highest BCUT2D eigenvalue weighted by molar-refractivity contribution is 6.17. The van der Waals surface area contributed by atoms with Crippen molar-refractivity contribution in [3.8, 4) is 83.8 Å². The summed E-state index contributed by atoms with van der Waals surface area (Å²) in [5, 5.41) is 17.8. The molecule has 564 valence electrons.